The molecule has 0 aromatic carbocycles. The molecule has 0 N–H and O–H groups in total. The Labute approximate surface area is 74.4 Å². The van der Waals surface area contributed by atoms with Crippen molar-refractivity contribution in [3.05, 3.63) is 0 Å². The SMILES string of the molecule is C[C@H]1CC(OP)[C@@H](OPP)C1. The van der Waals surface area contributed by atoms with E-state index in [1.165, 1.54) is 0 Å². The minimum atomic E-state index is 0.294. The Balaban J connectivity index is 2.37. The van der Waals surface area contributed by atoms with E-state index in [0.717, 1.165) is 18.8 Å². The molecule has 1 saturated carbocycles. The van der Waals surface area contributed by atoms with Crippen LogP contribution in [-0.4, -0.2) is 12.2 Å². The first-order valence-corrected chi connectivity index (χ1v) is 6.93. The third kappa shape index (κ3) is 2.87. The first-order valence-electron chi connectivity index (χ1n) is 3.74. The van der Waals surface area contributed by atoms with E-state index in [9.17, 15) is 0 Å². The van der Waals surface area contributed by atoms with E-state index in [1.54, 1.807) is 0 Å². The molecule has 2 nitrogen and oxygen atoms in total. The Bertz CT molecular complexity index is 122. The zero-order valence-corrected chi connectivity index (χ0v) is 9.93. The van der Waals surface area contributed by atoms with Crippen molar-refractivity contribution in [2.45, 2.75) is 32.0 Å². The molecule has 0 bridgehead atoms. The minimum Gasteiger partial charge on any atom is -0.360 e. The number of hydrogen-bond acceptors (Lipinski definition) is 2. The summed E-state index contributed by atoms with van der Waals surface area (Å²) in [5.74, 6) is 0.742. The highest BCUT2D eigenvalue weighted by atomic mass is 32.0. The van der Waals surface area contributed by atoms with Gasteiger partial charge < -0.3 is 9.05 Å². The van der Waals surface area contributed by atoms with Crippen molar-refractivity contribution < 1.29 is 9.05 Å². The van der Waals surface area contributed by atoms with Crippen LogP contribution in [0.1, 0.15) is 19.8 Å². The van der Waals surface area contributed by atoms with E-state index in [2.05, 4.69) is 25.3 Å². The average Bonchev–Trinajstić information content (AvgIpc) is 2.32. The van der Waals surface area contributed by atoms with Gasteiger partial charge >= 0.3 is 0 Å². The van der Waals surface area contributed by atoms with Gasteiger partial charge in [0.15, 0.2) is 0 Å². The molecule has 66 valence electrons. The summed E-state index contributed by atoms with van der Waals surface area (Å²) >= 11 is 0. The molecule has 5 heteroatoms. The maximum Gasteiger partial charge on any atom is 0.0886 e. The van der Waals surface area contributed by atoms with Gasteiger partial charge in [-0.25, -0.2) is 0 Å². The molecule has 1 aliphatic carbocycles. The maximum absolute atomic E-state index is 5.53. The lowest BCUT2D eigenvalue weighted by atomic mass is 10.1. The summed E-state index contributed by atoms with van der Waals surface area (Å²) in [4.78, 5) is 0. The Morgan fingerprint density at radius 1 is 1.36 bits per heavy atom. The molecule has 0 saturated heterocycles. The Kier molecular flexibility index (Phi) is 4.73. The van der Waals surface area contributed by atoms with Crippen molar-refractivity contribution in [2.24, 2.45) is 5.92 Å². The molecular weight excluding hydrogens is 197 g/mol. The van der Waals surface area contributed by atoms with E-state index in [-0.39, 0.29) is 0 Å². The van der Waals surface area contributed by atoms with E-state index >= 15 is 0 Å². The van der Waals surface area contributed by atoms with Gasteiger partial charge in [0.05, 0.1) is 12.2 Å². The van der Waals surface area contributed by atoms with Gasteiger partial charge in [-0.15, -0.1) is 0 Å². The standard InChI is InChI=1S/C6H15O2P3/c1-4-2-5(7-9)6(3-4)8-11-10/h4-6,11H,2-3,9-10H2,1H3/t4-,5?,6-/m0/s1. The van der Waals surface area contributed by atoms with Crippen molar-refractivity contribution >= 4 is 26.9 Å². The van der Waals surface area contributed by atoms with Crippen LogP contribution in [0.25, 0.3) is 0 Å². The first kappa shape index (κ1) is 10.3. The lowest BCUT2D eigenvalue weighted by Crippen LogP contribution is -2.19. The molecule has 6 atom stereocenters. The van der Waals surface area contributed by atoms with Crippen LogP contribution in [0.3, 0.4) is 0 Å². The second kappa shape index (κ2) is 5.05. The topological polar surface area (TPSA) is 18.5 Å². The highest BCUT2D eigenvalue weighted by molar-refractivity contribution is 8.00. The fourth-order valence-electron chi connectivity index (χ4n) is 1.55. The van der Waals surface area contributed by atoms with Crippen molar-refractivity contribution in [1.82, 2.24) is 0 Å². The minimum absolute atomic E-state index is 0.294. The van der Waals surface area contributed by atoms with Gasteiger partial charge in [-0.1, -0.05) is 15.9 Å². The summed E-state index contributed by atoms with van der Waals surface area (Å²) < 4.78 is 10.8. The van der Waals surface area contributed by atoms with Gasteiger partial charge in [0.1, 0.15) is 0 Å². The van der Waals surface area contributed by atoms with Crippen LogP contribution in [0.4, 0.5) is 0 Å². The second-order valence-electron chi connectivity index (χ2n) is 3.03. The molecule has 0 amide bonds. The summed E-state index contributed by atoms with van der Waals surface area (Å²) in [6.45, 7) is 2.24. The Morgan fingerprint density at radius 2 is 2.00 bits per heavy atom. The van der Waals surface area contributed by atoms with Crippen LogP contribution in [0.5, 0.6) is 0 Å². The summed E-state index contributed by atoms with van der Waals surface area (Å²) in [6, 6.07) is 0. The molecular formula is C6H15O2P3. The summed E-state index contributed by atoms with van der Waals surface area (Å²) in [5.41, 5.74) is 0. The summed E-state index contributed by atoms with van der Waals surface area (Å²) in [5, 5.41) is 0. The van der Waals surface area contributed by atoms with Crippen LogP contribution in [-0.2, 0) is 9.05 Å². The largest absolute Gasteiger partial charge is 0.360 e. The number of rotatable bonds is 3. The molecule has 0 aromatic rings. The van der Waals surface area contributed by atoms with Gasteiger partial charge in [0.2, 0.25) is 0 Å². The van der Waals surface area contributed by atoms with Crippen molar-refractivity contribution in [3.8, 4) is 0 Å². The fourth-order valence-corrected chi connectivity index (χ4v) is 2.78. The zero-order valence-electron chi connectivity index (χ0n) is 6.62. The van der Waals surface area contributed by atoms with Crippen LogP contribution in [0.2, 0.25) is 0 Å². The quantitative estimate of drug-likeness (QED) is 0.668. The average molecular weight is 212 g/mol. The van der Waals surface area contributed by atoms with Gasteiger partial charge in [0, 0.05) is 18.0 Å². The van der Waals surface area contributed by atoms with Crippen LogP contribution < -0.4 is 0 Å². The van der Waals surface area contributed by atoms with E-state index < -0.39 is 0 Å². The molecule has 4 unspecified atom stereocenters. The lowest BCUT2D eigenvalue weighted by Gasteiger charge is -2.16. The summed E-state index contributed by atoms with van der Waals surface area (Å²) in [7, 11) is 5.43. The second-order valence-corrected chi connectivity index (χ2v) is 4.48. The molecule has 1 fully saturated rings. The molecule has 0 aliphatic heterocycles. The predicted octanol–water partition coefficient (Wildman–Crippen LogP) is 2.36. The Hall–Kier alpha value is 1.21. The van der Waals surface area contributed by atoms with E-state index in [4.69, 9.17) is 9.05 Å². The van der Waals surface area contributed by atoms with Gasteiger partial charge in [-0.3, -0.25) is 0 Å². The van der Waals surface area contributed by atoms with Gasteiger partial charge in [-0.05, 0) is 18.8 Å². The fraction of sp³-hybridized carbons (Fsp3) is 1.00. The zero-order chi connectivity index (χ0) is 8.27. The molecule has 1 rings (SSSR count). The molecule has 0 heterocycles. The molecule has 1 aliphatic rings. The Morgan fingerprint density at radius 3 is 2.55 bits per heavy atom. The van der Waals surface area contributed by atoms with Crippen LogP contribution >= 0.6 is 26.9 Å². The third-order valence-electron chi connectivity index (χ3n) is 2.08. The third-order valence-corrected chi connectivity index (χ3v) is 3.27. The first-order chi connectivity index (χ1) is 5.27. The maximum atomic E-state index is 5.53. The molecule has 0 spiro atoms. The molecule has 0 radical (unpaired) electrons. The summed E-state index contributed by atoms with van der Waals surface area (Å²) in [6.07, 6.45) is 2.88. The number of hydrogen-bond donors (Lipinski definition) is 0. The molecule has 11 heavy (non-hydrogen) atoms. The smallest absolute Gasteiger partial charge is 0.0886 e. The van der Waals surface area contributed by atoms with Gasteiger partial charge in [-0.2, -0.15) is 0 Å². The lowest BCUT2D eigenvalue weighted by molar-refractivity contribution is 0.108. The monoisotopic (exact) mass is 212 g/mol. The highest BCUT2D eigenvalue weighted by Crippen LogP contribution is 2.36. The predicted molar refractivity (Wildman–Crippen MR) is 55.9 cm³/mol. The van der Waals surface area contributed by atoms with Crippen molar-refractivity contribution in [3.63, 3.8) is 0 Å². The highest BCUT2D eigenvalue weighted by Gasteiger charge is 2.32. The normalized spacial score (nSPS) is 39.0. The van der Waals surface area contributed by atoms with E-state index in [1.807, 2.05) is 0 Å². The van der Waals surface area contributed by atoms with E-state index in [0.29, 0.717) is 20.7 Å². The van der Waals surface area contributed by atoms with Crippen molar-refractivity contribution in [1.29, 1.82) is 0 Å². The molecule has 0 aromatic heterocycles. The van der Waals surface area contributed by atoms with Gasteiger partial charge in [0.25, 0.3) is 0 Å². The van der Waals surface area contributed by atoms with Crippen molar-refractivity contribution in [2.75, 3.05) is 0 Å². The van der Waals surface area contributed by atoms with Crippen LogP contribution in [0, 0.1) is 5.92 Å². The van der Waals surface area contributed by atoms with Crippen LogP contribution in [0.15, 0.2) is 0 Å².